The van der Waals surface area contributed by atoms with Gasteiger partial charge in [0.1, 0.15) is 6.26 Å². The van der Waals surface area contributed by atoms with E-state index in [2.05, 4.69) is 5.32 Å². The van der Waals surface area contributed by atoms with Crippen LogP contribution in [-0.4, -0.2) is 18.7 Å². The first kappa shape index (κ1) is 8.41. The van der Waals surface area contributed by atoms with Crippen LogP contribution in [0.1, 0.15) is 25.7 Å². The van der Waals surface area contributed by atoms with Gasteiger partial charge < -0.3 is 14.8 Å². The predicted octanol–water partition coefficient (Wildman–Crippen LogP) is 0.891. The molecule has 1 heterocycles. The van der Waals surface area contributed by atoms with Gasteiger partial charge in [0.15, 0.2) is 0 Å². The molecule has 0 bridgehead atoms. The van der Waals surface area contributed by atoms with Crippen LogP contribution in [0.2, 0.25) is 0 Å². The largest absolute Gasteiger partial charge is 0.461 e. The summed E-state index contributed by atoms with van der Waals surface area (Å²) in [5.74, 6) is 0.149. The maximum absolute atomic E-state index is 11.4. The van der Waals surface area contributed by atoms with E-state index in [9.17, 15) is 4.79 Å². The zero-order chi connectivity index (χ0) is 9.10. The van der Waals surface area contributed by atoms with Crippen molar-refractivity contribution in [3.8, 4) is 0 Å². The van der Waals surface area contributed by atoms with E-state index in [1.807, 2.05) is 0 Å². The SMILES string of the molecule is O=C(NC1CCCC1)C1=COCO1. The third-order valence-corrected chi connectivity index (χ3v) is 2.39. The second-order valence-corrected chi connectivity index (χ2v) is 3.37. The molecule has 0 aromatic heterocycles. The van der Waals surface area contributed by atoms with Crippen LogP contribution >= 0.6 is 0 Å². The highest BCUT2D eigenvalue weighted by molar-refractivity contribution is 5.91. The van der Waals surface area contributed by atoms with Gasteiger partial charge in [-0.3, -0.25) is 4.79 Å². The highest BCUT2D eigenvalue weighted by Crippen LogP contribution is 2.18. The smallest absolute Gasteiger partial charge is 0.289 e. The molecule has 0 saturated heterocycles. The van der Waals surface area contributed by atoms with Crippen LogP contribution in [0.15, 0.2) is 12.0 Å². The van der Waals surface area contributed by atoms with Gasteiger partial charge in [-0.2, -0.15) is 0 Å². The lowest BCUT2D eigenvalue weighted by Gasteiger charge is -2.10. The van der Waals surface area contributed by atoms with Crippen molar-refractivity contribution in [2.75, 3.05) is 6.79 Å². The lowest BCUT2D eigenvalue weighted by molar-refractivity contribution is -0.121. The molecule has 1 amide bonds. The van der Waals surface area contributed by atoms with Crippen LogP contribution in [-0.2, 0) is 14.3 Å². The number of carbonyl (C=O) groups is 1. The van der Waals surface area contributed by atoms with Crippen molar-refractivity contribution >= 4 is 5.91 Å². The number of rotatable bonds is 2. The van der Waals surface area contributed by atoms with Crippen LogP contribution < -0.4 is 5.32 Å². The Morgan fingerprint density at radius 2 is 2.23 bits per heavy atom. The van der Waals surface area contributed by atoms with Gasteiger partial charge in [-0.1, -0.05) is 12.8 Å². The van der Waals surface area contributed by atoms with Crippen molar-refractivity contribution in [1.29, 1.82) is 0 Å². The van der Waals surface area contributed by atoms with E-state index in [4.69, 9.17) is 9.47 Å². The average Bonchev–Trinajstić information content (AvgIpc) is 2.74. The molecule has 0 aromatic rings. The monoisotopic (exact) mass is 183 g/mol. The van der Waals surface area contributed by atoms with E-state index < -0.39 is 0 Å². The predicted molar refractivity (Wildman–Crippen MR) is 45.5 cm³/mol. The molecule has 4 nitrogen and oxygen atoms in total. The highest BCUT2D eigenvalue weighted by Gasteiger charge is 2.21. The Hall–Kier alpha value is -1.19. The van der Waals surface area contributed by atoms with Crippen molar-refractivity contribution in [3.63, 3.8) is 0 Å². The molecule has 4 heteroatoms. The molecule has 0 aromatic carbocycles. The minimum Gasteiger partial charge on any atom is -0.461 e. The molecule has 0 unspecified atom stereocenters. The highest BCUT2D eigenvalue weighted by atomic mass is 16.7. The van der Waals surface area contributed by atoms with E-state index in [1.165, 1.54) is 19.1 Å². The van der Waals surface area contributed by atoms with Crippen LogP contribution in [0.25, 0.3) is 0 Å². The van der Waals surface area contributed by atoms with Gasteiger partial charge in [-0.25, -0.2) is 0 Å². The molecule has 1 aliphatic heterocycles. The van der Waals surface area contributed by atoms with Crippen molar-refractivity contribution in [2.24, 2.45) is 0 Å². The molecule has 0 spiro atoms. The van der Waals surface area contributed by atoms with Crippen LogP contribution in [0, 0.1) is 0 Å². The van der Waals surface area contributed by atoms with Gasteiger partial charge in [0.25, 0.3) is 5.91 Å². The summed E-state index contributed by atoms with van der Waals surface area (Å²) in [5, 5.41) is 2.91. The fourth-order valence-corrected chi connectivity index (χ4v) is 1.69. The first-order valence-electron chi connectivity index (χ1n) is 4.62. The third kappa shape index (κ3) is 1.94. The normalized spacial score (nSPS) is 22.0. The number of carbonyl (C=O) groups excluding carboxylic acids is 1. The van der Waals surface area contributed by atoms with E-state index >= 15 is 0 Å². The van der Waals surface area contributed by atoms with Crippen molar-refractivity contribution in [1.82, 2.24) is 5.32 Å². The summed E-state index contributed by atoms with van der Waals surface area (Å²) < 4.78 is 9.75. The summed E-state index contributed by atoms with van der Waals surface area (Å²) in [4.78, 5) is 11.4. The van der Waals surface area contributed by atoms with E-state index in [0.29, 0.717) is 11.8 Å². The first-order valence-corrected chi connectivity index (χ1v) is 4.62. The molecule has 13 heavy (non-hydrogen) atoms. The Morgan fingerprint density at radius 3 is 2.85 bits per heavy atom. The molecule has 0 atom stereocenters. The van der Waals surface area contributed by atoms with Gasteiger partial charge >= 0.3 is 0 Å². The molecule has 72 valence electrons. The summed E-state index contributed by atoms with van der Waals surface area (Å²) >= 11 is 0. The summed E-state index contributed by atoms with van der Waals surface area (Å²) in [5.41, 5.74) is 0. The number of ether oxygens (including phenoxy) is 2. The number of amides is 1. The van der Waals surface area contributed by atoms with Crippen molar-refractivity contribution in [3.05, 3.63) is 12.0 Å². The quantitative estimate of drug-likeness (QED) is 0.691. The van der Waals surface area contributed by atoms with Crippen LogP contribution in [0.5, 0.6) is 0 Å². The topological polar surface area (TPSA) is 47.6 Å². The van der Waals surface area contributed by atoms with Gasteiger partial charge in [0, 0.05) is 6.04 Å². The zero-order valence-corrected chi connectivity index (χ0v) is 7.41. The minimum absolute atomic E-state index is 0.149. The van der Waals surface area contributed by atoms with Crippen LogP contribution in [0.4, 0.5) is 0 Å². The lowest BCUT2D eigenvalue weighted by Crippen LogP contribution is -2.33. The maximum atomic E-state index is 11.4. The fraction of sp³-hybridized carbons (Fsp3) is 0.667. The Kier molecular flexibility index (Phi) is 2.38. The second-order valence-electron chi connectivity index (χ2n) is 3.37. The number of hydrogen-bond donors (Lipinski definition) is 1. The minimum atomic E-state index is -0.149. The summed E-state index contributed by atoms with van der Waals surface area (Å²) in [6.45, 7) is 0.160. The summed E-state index contributed by atoms with van der Waals surface area (Å²) in [6, 6.07) is 0.331. The standard InChI is InChI=1S/C9H13NO3/c11-9(8-5-12-6-13-8)10-7-3-1-2-4-7/h5,7H,1-4,6H2,(H,10,11). The number of hydrogen-bond acceptors (Lipinski definition) is 3. The fourth-order valence-electron chi connectivity index (χ4n) is 1.69. The molecule has 2 rings (SSSR count). The Balaban J connectivity index is 1.83. The Bertz CT molecular complexity index is 231. The Labute approximate surface area is 76.9 Å². The average molecular weight is 183 g/mol. The van der Waals surface area contributed by atoms with E-state index in [0.717, 1.165) is 12.8 Å². The second kappa shape index (κ2) is 3.68. The van der Waals surface area contributed by atoms with Gasteiger partial charge in [0.2, 0.25) is 12.6 Å². The Morgan fingerprint density at radius 1 is 1.46 bits per heavy atom. The molecule has 1 N–H and O–H groups in total. The molecule has 2 aliphatic rings. The van der Waals surface area contributed by atoms with Crippen LogP contribution in [0.3, 0.4) is 0 Å². The molecule has 1 saturated carbocycles. The maximum Gasteiger partial charge on any atom is 0.289 e. The molecular weight excluding hydrogens is 170 g/mol. The van der Waals surface area contributed by atoms with E-state index in [-0.39, 0.29) is 12.7 Å². The molecule has 0 radical (unpaired) electrons. The summed E-state index contributed by atoms with van der Waals surface area (Å²) in [7, 11) is 0. The van der Waals surface area contributed by atoms with Gasteiger partial charge in [-0.15, -0.1) is 0 Å². The zero-order valence-electron chi connectivity index (χ0n) is 7.41. The van der Waals surface area contributed by atoms with Crippen molar-refractivity contribution < 1.29 is 14.3 Å². The molecular formula is C9H13NO3. The van der Waals surface area contributed by atoms with Gasteiger partial charge in [0.05, 0.1) is 0 Å². The van der Waals surface area contributed by atoms with Gasteiger partial charge in [-0.05, 0) is 12.8 Å². The molecule has 1 fully saturated rings. The first-order chi connectivity index (χ1) is 6.36. The van der Waals surface area contributed by atoms with Crippen molar-refractivity contribution in [2.45, 2.75) is 31.7 Å². The number of nitrogens with one attached hydrogen (secondary N) is 1. The lowest BCUT2D eigenvalue weighted by atomic mass is 10.2. The summed E-state index contributed by atoms with van der Waals surface area (Å²) in [6.07, 6.45) is 5.95. The molecule has 1 aliphatic carbocycles. The third-order valence-electron chi connectivity index (χ3n) is 2.39. The van der Waals surface area contributed by atoms with E-state index in [1.54, 1.807) is 0 Å².